The maximum absolute atomic E-state index is 15.0. The van der Waals surface area contributed by atoms with Gasteiger partial charge in [0.25, 0.3) is 10.0 Å². The lowest BCUT2D eigenvalue weighted by atomic mass is 10.1. The van der Waals surface area contributed by atoms with E-state index in [0.717, 1.165) is 15.9 Å². The van der Waals surface area contributed by atoms with E-state index in [1.807, 2.05) is 13.8 Å². The van der Waals surface area contributed by atoms with E-state index in [-0.39, 0.29) is 33.2 Å². The van der Waals surface area contributed by atoms with Gasteiger partial charge in [0.2, 0.25) is 11.8 Å². The van der Waals surface area contributed by atoms with Crippen molar-refractivity contribution in [3.05, 3.63) is 93.7 Å². The number of para-hydroxylation sites is 1. The van der Waals surface area contributed by atoms with E-state index in [0.29, 0.717) is 12.0 Å². The minimum absolute atomic E-state index is 0.114. The van der Waals surface area contributed by atoms with Gasteiger partial charge in [0.1, 0.15) is 18.4 Å². The standard InChI is InChI=1S/C29H32Cl2FN3O4S/c1-5-20(3)33-29(37)21(4)34(17-23-24(30)9-8-10-25(23)31)28(36)18-35(27-12-7-6-11-26(27)32)40(38,39)22-15-13-19(2)14-16-22/h6-16,20-21H,5,17-18H2,1-4H3,(H,33,37)/t20-,21+/m1/s1. The van der Waals surface area contributed by atoms with Crippen LogP contribution in [0.3, 0.4) is 0 Å². The maximum atomic E-state index is 15.0. The van der Waals surface area contributed by atoms with Gasteiger partial charge in [-0.3, -0.25) is 13.9 Å². The van der Waals surface area contributed by atoms with E-state index in [9.17, 15) is 22.4 Å². The van der Waals surface area contributed by atoms with Crippen LogP contribution in [0.1, 0.15) is 38.3 Å². The lowest BCUT2D eigenvalue weighted by molar-refractivity contribution is -0.139. The van der Waals surface area contributed by atoms with Crippen LogP contribution in [0.4, 0.5) is 10.1 Å². The molecule has 3 rings (SSSR count). The summed E-state index contributed by atoms with van der Waals surface area (Å²) in [5.41, 5.74) is 0.918. The number of hydrogen-bond acceptors (Lipinski definition) is 4. The van der Waals surface area contributed by atoms with Crippen molar-refractivity contribution >= 4 is 50.7 Å². The third-order valence-electron chi connectivity index (χ3n) is 6.57. The Morgan fingerprint density at radius 3 is 2.12 bits per heavy atom. The van der Waals surface area contributed by atoms with Crippen molar-refractivity contribution in [2.45, 2.75) is 57.6 Å². The molecule has 0 heterocycles. The monoisotopic (exact) mass is 607 g/mol. The van der Waals surface area contributed by atoms with Gasteiger partial charge in [-0.1, -0.05) is 66.0 Å². The van der Waals surface area contributed by atoms with Crippen molar-refractivity contribution in [3.63, 3.8) is 0 Å². The highest BCUT2D eigenvalue weighted by Crippen LogP contribution is 2.29. The number of anilines is 1. The van der Waals surface area contributed by atoms with Crippen LogP contribution in [-0.4, -0.2) is 43.8 Å². The van der Waals surface area contributed by atoms with Gasteiger partial charge in [-0.15, -0.1) is 0 Å². The molecule has 0 fully saturated rings. The number of amides is 2. The molecule has 0 aromatic heterocycles. The molecule has 214 valence electrons. The first-order valence-corrected chi connectivity index (χ1v) is 14.9. The zero-order valence-electron chi connectivity index (χ0n) is 22.7. The molecule has 0 radical (unpaired) electrons. The van der Waals surface area contributed by atoms with Gasteiger partial charge in [-0.2, -0.15) is 0 Å². The summed E-state index contributed by atoms with van der Waals surface area (Å²) in [7, 11) is -4.39. The van der Waals surface area contributed by atoms with Crippen molar-refractivity contribution in [3.8, 4) is 0 Å². The highest BCUT2D eigenvalue weighted by Gasteiger charge is 2.34. The first kappa shape index (κ1) is 31.4. The summed E-state index contributed by atoms with van der Waals surface area (Å²) in [6.07, 6.45) is 0.665. The Morgan fingerprint density at radius 1 is 0.950 bits per heavy atom. The number of carbonyl (C=O) groups excluding carboxylic acids is 2. The fraction of sp³-hybridized carbons (Fsp3) is 0.310. The first-order valence-electron chi connectivity index (χ1n) is 12.7. The highest BCUT2D eigenvalue weighted by molar-refractivity contribution is 7.92. The van der Waals surface area contributed by atoms with Crippen LogP contribution in [0.25, 0.3) is 0 Å². The Hall–Kier alpha value is -3.14. The molecule has 7 nitrogen and oxygen atoms in total. The van der Waals surface area contributed by atoms with Crippen molar-refractivity contribution in [1.29, 1.82) is 0 Å². The third-order valence-corrected chi connectivity index (χ3v) is 9.05. The number of benzene rings is 3. The van der Waals surface area contributed by atoms with E-state index in [2.05, 4.69) is 5.32 Å². The molecule has 0 aliphatic rings. The number of nitrogens with zero attached hydrogens (tertiary/aromatic N) is 2. The molecule has 11 heteroatoms. The fourth-order valence-electron chi connectivity index (χ4n) is 3.91. The molecule has 0 spiro atoms. The number of hydrogen-bond donors (Lipinski definition) is 1. The Morgan fingerprint density at radius 2 is 1.55 bits per heavy atom. The van der Waals surface area contributed by atoms with Crippen molar-refractivity contribution in [1.82, 2.24) is 10.2 Å². The number of sulfonamides is 1. The average molecular weight is 609 g/mol. The number of rotatable bonds is 11. The molecular formula is C29H32Cl2FN3O4S. The van der Waals surface area contributed by atoms with Gasteiger partial charge in [0.05, 0.1) is 10.6 Å². The Labute approximate surface area is 244 Å². The van der Waals surface area contributed by atoms with E-state index in [4.69, 9.17) is 23.2 Å². The molecule has 3 aromatic rings. The summed E-state index contributed by atoms with van der Waals surface area (Å²) in [6.45, 7) is 6.11. The van der Waals surface area contributed by atoms with E-state index >= 15 is 0 Å². The highest BCUT2D eigenvalue weighted by atomic mass is 35.5. The van der Waals surface area contributed by atoms with E-state index < -0.39 is 40.2 Å². The Bertz CT molecular complexity index is 1450. The molecule has 40 heavy (non-hydrogen) atoms. The van der Waals surface area contributed by atoms with Crippen LogP contribution in [0, 0.1) is 12.7 Å². The smallest absolute Gasteiger partial charge is 0.264 e. The van der Waals surface area contributed by atoms with Crippen molar-refractivity contribution < 1.29 is 22.4 Å². The van der Waals surface area contributed by atoms with E-state index in [1.54, 1.807) is 37.3 Å². The number of halogens is 3. The number of aryl methyl sites for hydroxylation is 1. The summed E-state index contributed by atoms with van der Waals surface area (Å²) in [5.74, 6) is -2.01. The largest absolute Gasteiger partial charge is 0.352 e. The molecule has 0 saturated heterocycles. The predicted molar refractivity (Wildman–Crippen MR) is 156 cm³/mol. The molecule has 1 N–H and O–H groups in total. The SMILES string of the molecule is CC[C@@H](C)NC(=O)[C@H](C)N(Cc1c(Cl)cccc1Cl)C(=O)CN(c1ccccc1F)S(=O)(=O)c1ccc(C)cc1. The van der Waals surface area contributed by atoms with E-state index in [1.165, 1.54) is 42.2 Å². The van der Waals surface area contributed by atoms with Crippen LogP contribution >= 0.6 is 23.2 Å². The first-order chi connectivity index (χ1) is 18.9. The number of nitrogens with one attached hydrogen (secondary N) is 1. The quantitative estimate of drug-likeness (QED) is 0.291. The molecule has 3 aromatic carbocycles. The molecule has 0 bridgehead atoms. The topological polar surface area (TPSA) is 86.8 Å². The molecular weight excluding hydrogens is 576 g/mol. The maximum Gasteiger partial charge on any atom is 0.264 e. The summed E-state index contributed by atoms with van der Waals surface area (Å²) in [4.78, 5) is 28.1. The van der Waals surface area contributed by atoms with Crippen LogP contribution in [-0.2, 0) is 26.2 Å². The average Bonchev–Trinajstić information content (AvgIpc) is 2.91. The summed E-state index contributed by atoms with van der Waals surface area (Å²) in [5, 5.41) is 3.40. The molecule has 2 atom stereocenters. The van der Waals surface area contributed by atoms with Crippen LogP contribution in [0.15, 0.2) is 71.6 Å². The van der Waals surface area contributed by atoms with Crippen molar-refractivity contribution in [2.75, 3.05) is 10.8 Å². The Kier molecular flexibility index (Phi) is 10.6. The molecule has 0 saturated carbocycles. The Balaban J connectivity index is 2.08. The van der Waals surface area contributed by atoms with Crippen molar-refractivity contribution in [2.24, 2.45) is 0 Å². The number of carbonyl (C=O) groups is 2. The molecule has 0 unspecified atom stereocenters. The normalized spacial score (nSPS) is 12.9. The predicted octanol–water partition coefficient (Wildman–Crippen LogP) is 5.97. The molecule has 0 aliphatic carbocycles. The zero-order chi connectivity index (χ0) is 29.6. The van der Waals surface area contributed by atoms with Gasteiger partial charge in [-0.05, 0) is 63.6 Å². The van der Waals surface area contributed by atoms with Gasteiger partial charge < -0.3 is 10.2 Å². The third kappa shape index (κ3) is 7.33. The minimum atomic E-state index is -4.39. The molecule has 2 amide bonds. The lowest BCUT2D eigenvalue weighted by Gasteiger charge is -2.33. The second kappa shape index (κ2) is 13.5. The summed E-state index contributed by atoms with van der Waals surface area (Å²) >= 11 is 12.8. The minimum Gasteiger partial charge on any atom is -0.352 e. The second-order valence-electron chi connectivity index (χ2n) is 9.49. The van der Waals surface area contributed by atoms with Gasteiger partial charge in [-0.25, -0.2) is 12.8 Å². The zero-order valence-corrected chi connectivity index (χ0v) is 25.0. The van der Waals surface area contributed by atoms with Crippen LogP contribution < -0.4 is 9.62 Å². The van der Waals surface area contributed by atoms with Gasteiger partial charge >= 0.3 is 0 Å². The fourth-order valence-corrected chi connectivity index (χ4v) is 5.85. The van der Waals surface area contributed by atoms with Gasteiger partial charge in [0, 0.05) is 28.2 Å². The van der Waals surface area contributed by atoms with Crippen LogP contribution in [0.2, 0.25) is 10.0 Å². The summed E-state index contributed by atoms with van der Waals surface area (Å²) < 4.78 is 43.3. The molecule has 0 aliphatic heterocycles. The lowest BCUT2D eigenvalue weighted by Crippen LogP contribution is -2.52. The summed E-state index contributed by atoms with van der Waals surface area (Å²) in [6, 6.07) is 15.0. The second-order valence-corrected chi connectivity index (χ2v) is 12.2. The van der Waals surface area contributed by atoms with Crippen LogP contribution in [0.5, 0.6) is 0 Å². The van der Waals surface area contributed by atoms with Gasteiger partial charge in [0.15, 0.2) is 0 Å².